The van der Waals surface area contributed by atoms with E-state index in [-0.39, 0.29) is 0 Å². The molecular weight excluding hydrogens is 538 g/mol. The molecule has 2 aromatic rings. The molecule has 0 aromatic heterocycles. The maximum Gasteiger partial charge on any atom is 0.346 e. The van der Waals surface area contributed by atoms with Gasteiger partial charge in [0.2, 0.25) is 34.8 Å². The molecule has 0 radical (unpaired) electrons. The van der Waals surface area contributed by atoms with Crippen molar-refractivity contribution < 1.29 is 60.7 Å². The monoisotopic (exact) mass is 546 g/mol. The third-order valence-corrected chi connectivity index (χ3v) is 4.94. The largest absolute Gasteiger partial charge is 0.477 e. The number of nitro benzene ring substituents is 2. The van der Waals surface area contributed by atoms with Crippen LogP contribution in [-0.4, -0.2) is 32.0 Å². The fourth-order valence-corrected chi connectivity index (χ4v) is 3.28. The van der Waals surface area contributed by atoms with Crippen LogP contribution in [0.1, 0.15) is 27.1 Å². The number of fused-ring (bicyclic) bond motifs is 2. The lowest BCUT2D eigenvalue weighted by molar-refractivity contribution is -0.388. The number of hydrogen-bond donors (Lipinski definition) is 2. The van der Waals surface area contributed by atoms with Crippen LogP contribution in [0, 0.1) is 55.1 Å². The van der Waals surface area contributed by atoms with Crippen molar-refractivity contribution in [2.24, 2.45) is 0 Å². The number of carbonyl (C=O) groups is 2. The second-order valence-electron chi connectivity index (χ2n) is 7.21. The van der Waals surface area contributed by atoms with Crippen molar-refractivity contribution in [2.45, 2.75) is 6.42 Å². The molecule has 0 aliphatic heterocycles. The van der Waals surface area contributed by atoms with Crippen molar-refractivity contribution in [3.63, 3.8) is 0 Å². The zero-order valence-corrected chi connectivity index (χ0v) is 17.9. The Morgan fingerprint density at radius 1 is 0.684 bits per heavy atom. The van der Waals surface area contributed by atoms with E-state index >= 15 is 0 Å². The minimum Gasteiger partial charge on any atom is -0.477 e. The first kappa shape index (κ1) is 27.4. The van der Waals surface area contributed by atoms with E-state index in [1.807, 2.05) is 0 Å². The van der Waals surface area contributed by atoms with E-state index < -0.39 is 90.7 Å². The van der Waals surface area contributed by atoms with Gasteiger partial charge in [-0.15, -0.1) is 0 Å². The topological polar surface area (TPSA) is 170 Å². The summed E-state index contributed by atoms with van der Waals surface area (Å²) in [7, 11) is 0. The van der Waals surface area contributed by atoms with Gasteiger partial charge in [-0.1, -0.05) is 24.3 Å². The lowest BCUT2D eigenvalue weighted by Gasteiger charge is -2.13. The number of halogens is 6. The van der Waals surface area contributed by atoms with Crippen molar-refractivity contribution in [2.75, 3.05) is 0 Å². The molecule has 17 heteroatoms. The zero-order chi connectivity index (χ0) is 28.6. The number of ether oxygens (including phenoxy) is 1. The second kappa shape index (κ2) is 10.0. The smallest absolute Gasteiger partial charge is 0.346 e. The molecule has 2 aliphatic carbocycles. The van der Waals surface area contributed by atoms with Gasteiger partial charge >= 0.3 is 23.3 Å². The fraction of sp³-hybridized carbons (Fsp3) is 0.0476. The Bertz CT molecular complexity index is 1440. The predicted octanol–water partition coefficient (Wildman–Crippen LogP) is 5.34. The highest BCUT2D eigenvalue weighted by molar-refractivity contribution is 5.94. The van der Waals surface area contributed by atoms with Crippen LogP contribution in [0.4, 0.5) is 37.7 Å². The van der Waals surface area contributed by atoms with E-state index in [2.05, 4.69) is 29.0 Å². The Morgan fingerprint density at radius 3 is 1.24 bits per heavy atom. The molecule has 11 nitrogen and oxygen atoms in total. The first-order valence-corrected chi connectivity index (χ1v) is 9.60. The van der Waals surface area contributed by atoms with Crippen LogP contribution >= 0.6 is 0 Å². The highest BCUT2D eigenvalue weighted by atomic mass is 19.2. The van der Waals surface area contributed by atoms with Gasteiger partial charge in [0.1, 0.15) is 0 Å². The summed E-state index contributed by atoms with van der Waals surface area (Å²) in [6.45, 7) is 0. The maximum atomic E-state index is 14.3. The summed E-state index contributed by atoms with van der Waals surface area (Å²) < 4.78 is 88.5. The highest BCUT2D eigenvalue weighted by Crippen LogP contribution is 2.42. The number of carboxylic acids is 2. The minimum absolute atomic E-state index is 1.19. The molecule has 4 rings (SSSR count). The average molecular weight is 546 g/mol. The minimum atomic E-state index is -2.70. The summed E-state index contributed by atoms with van der Waals surface area (Å²) in [5, 5.41) is 39.1. The summed E-state index contributed by atoms with van der Waals surface area (Å²) in [5.74, 6) is -25.7. The van der Waals surface area contributed by atoms with Gasteiger partial charge in [0, 0.05) is 0 Å². The Kier molecular flexibility index (Phi) is 7.23. The molecule has 2 aliphatic rings. The highest BCUT2D eigenvalue weighted by Gasteiger charge is 2.41. The molecule has 198 valence electrons. The molecule has 38 heavy (non-hydrogen) atoms. The van der Waals surface area contributed by atoms with Crippen molar-refractivity contribution in [3.8, 4) is 11.5 Å². The average Bonchev–Trinajstić information content (AvgIpc) is 3.48. The third kappa shape index (κ3) is 4.63. The van der Waals surface area contributed by atoms with Gasteiger partial charge in [0.15, 0.2) is 22.8 Å². The van der Waals surface area contributed by atoms with Crippen molar-refractivity contribution in [1.29, 1.82) is 0 Å². The second-order valence-corrected chi connectivity index (χ2v) is 7.21. The quantitative estimate of drug-likeness (QED) is 0.210. The molecular formula is C21H8F6N2O9. The number of allylic oxidation sites excluding steroid dienone is 6. The number of nitro groups is 2. The van der Waals surface area contributed by atoms with E-state index in [1.165, 1.54) is 17.6 Å². The van der Waals surface area contributed by atoms with Crippen LogP contribution in [0.25, 0.3) is 0 Å². The number of aromatic carboxylic acids is 2. The Balaban J connectivity index is 0.000000483. The number of rotatable bonds is 6. The fourth-order valence-electron chi connectivity index (χ4n) is 3.28. The van der Waals surface area contributed by atoms with E-state index in [0.29, 0.717) is 0 Å². The van der Waals surface area contributed by atoms with Crippen LogP contribution in [0.3, 0.4) is 0 Å². The summed E-state index contributed by atoms with van der Waals surface area (Å²) in [4.78, 5) is 39.8. The van der Waals surface area contributed by atoms with Gasteiger partial charge in [-0.05, 0) is 17.6 Å². The molecule has 0 fully saturated rings. The predicted molar refractivity (Wildman–Crippen MR) is 110 cm³/mol. The molecule has 0 saturated heterocycles. The Hall–Kier alpha value is -5.22. The molecule has 0 saturated carbocycles. The van der Waals surface area contributed by atoms with Gasteiger partial charge in [0.05, 0.1) is 9.85 Å². The Labute approximate surface area is 204 Å². The first-order valence-electron chi connectivity index (χ1n) is 9.60. The van der Waals surface area contributed by atoms with Gasteiger partial charge in [-0.2, -0.15) is 17.6 Å². The first-order chi connectivity index (χ1) is 17.7. The van der Waals surface area contributed by atoms with Crippen LogP contribution in [-0.2, 0) is 0 Å². The summed E-state index contributed by atoms with van der Waals surface area (Å²) in [6, 6.07) is 0. The molecule has 0 unspecified atom stereocenters. The standard InChI is InChI=1S/C14H2F6N2O9.C7H6/c15-3-1(13(23)24)9(21(27)28)5(17)7(19)11(3)31-12-4(16)2(14(25)26)10(22(29)30)6(18)8(12)20;1-2-7-4-3-6(1)5-7/h(H,23,24)(H,25,26);1-4H,5H2. The Morgan fingerprint density at radius 2 is 1.03 bits per heavy atom. The molecule has 2 aromatic carbocycles. The van der Waals surface area contributed by atoms with E-state index in [1.54, 1.807) is 0 Å². The van der Waals surface area contributed by atoms with Crippen molar-refractivity contribution in [3.05, 3.63) is 102 Å². The third-order valence-electron chi connectivity index (χ3n) is 4.94. The molecule has 0 amide bonds. The molecule has 0 atom stereocenters. The molecule has 0 spiro atoms. The van der Waals surface area contributed by atoms with Crippen molar-refractivity contribution >= 4 is 23.3 Å². The van der Waals surface area contributed by atoms with Crippen molar-refractivity contribution in [1.82, 2.24) is 0 Å². The van der Waals surface area contributed by atoms with E-state index in [0.717, 1.165) is 0 Å². The van der Waals surface area contributed by atoms with Gasteiger partial charge in [0.25, 0.3) is 0 Å². The molecule has 2 N–H and O–H groups in total. The lowest BCUT2D eigenvalue weighted by atomic mass is 10.1. The maximum absolute atomic E-state index is 14.3. The van der Waals surface area contributed by atoms with Crippen LogP contribution in [0.2, 0.25) is 0 Å². The number of benzene rings is 2. The van der Waals surface area contributed by atoms with E-state index in [9.17, 15) is 56.2 Å². The number of nitrogens with zero attached hydrogens (tertiary/aromatic N) is 2. The van der Waals surface area contributed by atoms with E-state index in [4.69, 9.17) is 10.2 Å². The molecule has 2 bridgehead atoms. The number of carboxylic acid groups (broad SMARTS) is 2. The SMILES string of the molecule is C1=CC2=CC=C1C2.O=C(O)c1c(F)c(Oc2c(F)c(F)c([N+](=O)[O-])c(C(=O)O)c2F)c(F)c(F)c1[N+](=O)[O-]. The molecule has 0 heterocycles. The summed E-state index contributed by atoms with van der Waals surface area (Å²) in [5.41, 5.74) is -5.88. The normalized spacial score (nSPS) is 12.9. The zero-order valence-electron chi connectivity index (χ0n) is 17.9. The van der Waals surface area contributed by atoms with Gasteiger partial charge in [-0.3, -0.25) is 20.2 Å². The van der Waals surface area contributed by atoms with Crippen LogP contribution < -0.4 is 4.74 Å². The van der Waals surface area contributed by atoms with Gasteiger partial charge in [-0.25, -0.2) is 18.4 Å². The van der Waals surface area contributed by atoms with Gasteiger partial charge < -0.3 is 14.9 Å². The lowest BCUT2D eigenvalue weighted by Crippen LogP contribution is -2.14. The summed E-state index contributed by atoms with van der Waals surface area (Å²) in [6.07, 6.45) is 9.90. The van der Waals surface area contributed by atoms with Crippen LogP contribution in [0.5, 0.6) is 11.5 Å². The number of hydrogen-bond acceptors (Lipinski definition) is 7. The summed E-state index contributed by atoms with van der Waals surface area (Å²) >= 11 is 0. The van der Waals surface area contributed by atoms with Crippen LogP contribution in [0.15, 0.2) is 35.5 Å².